The molecule has 1 aliphatic heterocycles. The Labute approximate surface area is 223 Å². The van der Waals surface area contributed by atoms with E-state index in [4.69, 9.17) is 5.11 Å². The predicted octanol–water partition coefficient (Wildman–Crippen LogP) is 3.71. The van der Waals surface area contributed by atoms with E-state index in [0.29, 0.717) is 11.3 Å². The van der Waals surface area contributed by atoms with Crippen LogP contribution in [0.5, 0.6) is 5.75 Å². The van der Waals surface area contributed by atoms with E-state index in [1.54, 1.807) is 30.3 Å². The van der Waals surface area contributed by atoms with Crippen LogP contribution in [-0.4, -0.2) is 57.0 Å². The minimum Gasteiger partial charge on any atom is -0.508 e. The number of piperidine rings is 1. The molecule has 2 bridgehead atoms. The fraction of sp³-hybridized carbons (Fsp3) is 0.517. The summed E-state index contributed by atoms with van der Waals surface area (Å²) < 4.78 is 0. The number of aromatic hydroxyl groups is 1. The van der Waals surface area contributed by atoms with Gasteiger partial charge in [0.15, 0.2) is 0 Å². The highest BCUT2D eigenvalue weighted by molar-refractivity contribution is 5.87. The van der Waals surface area contributed by atoms with Gasteiger partial charge in [0.25, 0.3) is 0 Å². The van der Waals surface area contributed by atoms with Gasteiger partial charge >= 0.3 is 12.1 Å². The number of carboxylic acids is 1. The molecule has 0 aromatic heterocycles. The second-order valence-electron chi connectivity index (χ2n) is 10.9. The fourth-order valence-corrected chi connectivity index (χ4v) is 6.90. The molecule has 7 N–H and O–H groups in total. The number of carbonyl (C=O) groups excluding carboxylic acids is 1. The van der Waals surface area contributed by atoms with Crippen molar-refractivity contribution in [3.63, 3.8) is 0 Å². The number of aliphatic hydroxyl groups is 1. The van der Waals surface area contributed by atoms with Gasteiger partial charge in [0.1, 0.15) is 5.75 Å². The number of rotatable bonds is 3. The average molecular weight is 526 g/mol. The van der Waals surface area contributed by atoms with Gasteiger partial charge in [-0.1, -0.05) is 43.5 Å². The van der Waals surface area contributed by atoms with Gasteiger partial charge in [-0.2, -0.15) is 5.90 Å². The standard InChI is InChI=1S/C21H29NO2.C7H6O2.CH4N2O2/c23-17-7-6-16-12-19-21(24)9-2-1-8-20(21,18(16)13-17)10-11-22(19)14-15-4-3-5-15;8-7(9)6-4-2-1-3-5-6;2-1(4)5-3/h6-7,13,15,19,23-24H,1-5,8-12,14H2;1-5H,(H,8,9);3H2,(H2,2,4)/t19-,20+,21-;;/m1../s1. The third-order valence-corrected chi connectivity index (χ3v) is 8.93. The summed E-state index contributed by atoms with van der Waals surface area (Å²) in [6.45, 7) is 2.29. The summed E-state index contributed by atoms with van der Waals surface area (Å²) in [6, 6.07) is 14.5. The molecule has 9 nitrogen and oxygen atoms in total. The smallest absolute Gasteiger partial charge is 0.423 e. The van der Waals surface area contributed by atoms with Crippen LogP contribution in [0.2, 0.25) is 0 Å². The second-order valence-corrected chi connectivity index (χ2v) is 10.9. The minimum absolute atomic E-state index is 0.127. The van der Waals surface area contributed by atoms with Crippen molar-refractivity contribution in [2.45, 2.75) is 74.8 Å². The number of hydrogen-bond acceptors (Lipinski definition) is 7. The maximum absolute atomic E-state index is 11.9. The number of fused-ring (bicyclic) bond motifs is 1. The second kappa shape index (κ2) is 11.7. The number of phenols is 1. The van der Waals surface area contributed by atoms with E-state index in [9.17, 15) is 19.8 Å². The highest BCUT2D eigenvalue weighted by Gasteiger charge is 2.63. The monoisotopic (exact) mass is 525 g/mol. The number of amides is 1. The molecule has 0 unspecified atom stereocenters. The topological polar surface area (TPSA) is 159 Å². The molecule has 38 heavy (non-hydrogen) atoms. The molecule has 3 aliphatic carbocycles. The van der Waals surface area contributed by atoms with Crippen LogP contribution in [-0.2, 0) is 16.7 Å². The number of carboxylic acid groups (broad SMARTS) is 1. The Morgan fingerprint density at radius 1 is 1.03 bits per heavy atom. The van der Waals surface area contributed by atoms with E-state index in [0.717, 1.165) is 44.6 Å². The Kier molecular flexibility index (Phi) is 8.60. The largest absolute Gasteiger partial charge is 0.508 e. The van der Waals surface area contributed by atoms with E-state index in [1.807, 2.05) is 12.1 Å². The lowest BCUT2D eigenvalue weighted by atomic mass is 9.49. The summed E-state index contributed by atoms with van der Waals surface area (Å²) in [5, 5.41) is 30.4. The number of aromatic carboxylic acids is 1. The maximum atomic E-state index is 11.9. The molecular weight excluding hydrogens is 486 g/mol. The van der Waals surface area contributed by atoms with Crippen molar-refractivity contribution in [2.24, 2.45) is 17.5 Å². The zero-order chi connectivity index (χ0) is 27.3. The van der Waals surface area contributed by atoms with Crippen LogP contribution < -0.4 is 11.6 Å². The van der Waals surface area contributed by atoms with E-state index in [2.05, 4.69) is 27.4 Å². The number of benzene rings is 2. The molecule has 206 valence electrons. The molecule has 0 spiro atoms. The summed E-state index contributed by atoms with van der Waals surface area (Å²) in [4.78, 5) is 25.5. The number of likely N-dealkylation sites (tertiary alicyclic amines) is 1. The molecule has 2 aromatic rings. The Bertz CT molecular complexity index is 1120. The summed E-state index contributed by atoms with van der Waals surface area (Å²) in [5.74, 6) is 4.52. The van der Waals surface area contributed by atoms with Gasteiger partial charge in [-0.3, -0.25) is 4.90 Å². The van der Waals surface area contributed by atoms with Gasteiger partial charge in [-0.25, -0.2) is 9.59 Å². The summed E-state index contributed by atoms with van der Waals surface area (Å²) in [7, 11) is 0. The van der Waals surface area contributed by atoms with E-state index < -0.39 is 17.7 Å². The summed E-state index contributed by atoms with van der Waals surface area (Å²) >= 11 is 0. The van der Waals surface area contributed by atoms with E-state index in [-0.39, 0.29) is 11.5 Å². The normalized spacial score (nSPS) is 27.6. The lowest BCUT2D eigenvalue weighted by molar-refractivity contribution is -0.169. The van der Waals surface area contributed by atoms with Crippen LogP contribution in [0.3, 0.4) is 0 Å². The van der Waals surface area contributed by atoms with Crippen molar-refractivity contribution in [1.82, 2.24) is 4.90 Å². The molecule has 1 amide bonds. The first kappa shape index (κ1) is 27.9. The van der Waals surface area contributed by atoms with Crippen molar-refractivity contribution in [1.29, 1.82) is 0 Å². The van der Waals surface area contributed by atoms with Gasteiger partial charge in [0, 0.05) is 18.0 Å². The molecule has 3 fully saturated rings. The number of primary amides is 1. The Morgan fingerprint density at radius 3 is 2.29 bits per heavy atom. The molecule has 4 aliphatic rings. The Hall–Kier alpha value is -3.14. The first-order chi connectivity index (χ1) is 18.2. The molecule has 2 saturated carbocycles. The number of nitrogens with zero attached hydrogens (tertiary/aromatic N) is 1. The third-order valence-electron chi connectivity index (χ3n) is 8.93. The molecular formula is C29H39N3O6. The van der Waals surface area contributed by atoms with Gasteiger partial charge in [-0.05, 0) is 86.4 Å². The van der Waals surface area contributed by atoms with Crippen LogP contribution in [0.15, 0.2) is 48.5 Å². The van der Waals surface area contributed by atoms with Crippen molar-refractivity contribution in [2.75, 3.05) is 13.1 Å². The van der Waals surface area contributed by atoms with Crippen LogP contribution in [0.25, 0.3) is 0 Å². The molecule has 2 aromatic carbocycles. The highest BCUT2D eigenvalue weighted by Crippen LogP contribution is 2.58. The molecule has 9 heteroatoms. The maximum Gasteiger partial charge on any atom is 0.423 e. The summed E-state index contributed by atoms with van der Waals surface area (Å²) in [6.07, 6.45) is 9.50. The number of hydrogen-bond donors (Lipinski definition) is 5. The van der Waals surface area contributed by atoms with E-state index >= 15 is 0 Å². The number of phenolic OH excluding ortho intramolecular Hbond substituents is 1. The van der Waals surface area contributed by atoms with Crippen LogP contribution >= 0.6 is 0 Å². The van der Waals surface area contributed by atoms with Crippen molar-refractivity contribution >= 4 is 12.1 Å². The van der Waals surface area contributed by atoms with Crippen LogP contribution in [0.4, 0.5) is 4.79 Å². The third kappa shape index (κ3) is 5.50. The lowest BCUT2D eigenvalue weighted by Gasteiger charge is -2.64. The minimum atomic E-state index is -0.968. The molecule has 3 atom stereocenters. The molecule has 6 rings (SSSR count). The quantitative estimate of drug-likeness (QED) is 0.379. The van der Waals surface area contributed by atoms with E-state index in [1.165, 1.54) is 43.4 Å². The Balaban J connectivity index is 0.000000199. The van der Waals surface area contributed by atoms with Crippen molar-refractivity contribution < 1.29 is 29.7 Å². The molecule has 0 radical (unpaired) electrons. The van der Waals surface area contributed by atoms with Crippen molar-refractivity contribution in [3.8, 4) is 5.75 Å². The van der Waals surface area contributed by atoms with Crippen molar-refractivity contribution in [3.05, 3.63) is 65.2 Å². The zero-order valence-electron chi connectivity index (χ0n) is 21.7. The van der Waals surface area contributed by atoms with Crippen LogP contribution in [0, 0.1) is 5.92 Å². The van der Waals surface area contributed by atoms with Crippen LogP contribution in [0.1, 0.15) is 72.9 Å². The van der Waals surface area contributed by atoms with Gasteiger partial charge in [-0.15, -0.1) is 0 Å². The number of carbonyl (C=O) groups is 2. The first-order valence-corrected chi connectivity index (χ1v) is 13.4. The predicted molar refractivity (Wildman–Crippen MR) is 142 cm³/mol. The molecule has 1 saturated heterocycles. The highest BCUT2D eigenvalue weighted by atomic mass is 16.7. The first-order valence-electron chi connectivity index (χ1n) is 13.4. The SMILES string of the molecule is NOC(N)=O.O=C(O)c1ccccc1.Oc1ccc2c(c1)[C@@]13CCCC[C@@]1(O)[C@@H](C2)N(CC1CCC1)CC3. The number of nitrogens with two attached hydrogens (primary N) is 2. The summed E-state index contributed by atoms with van der Waals surface area (Å²) in [5.41, 5.74) is 6.52. The fourth-order valence-electron chi connectivity index (χ4n) is 6.90. The molecule has 1 heterocycles. The van der Waals surface area contributed by atoms with Gasteiger partial charge < -0.3 is 25.9 Å². The lowest BCUT2D eigenvalue weighted by Crippen LogP contribution is -2.72. The Morgan fingerprint density at radius 2 is 1.71 bits per heavy atom. The zero-order valence-corrected chi connectivity index (χ0v) is 21.7. The van der Waals surface area contributed by atoms with Gasteiger partial charge in [0.2, 0.25) is 0 Å². The van der Waals surface area contributed by atoms with Gasteiger partial charge in [0.05, 0.1) is 11.2 Å². The average Bonchev–Trinajstić information content (AvgIpc) is 2.88.